The van der Waals surface area contributed by atoms with Crippen LogP contribution in [-0.4, -0.2) is 11.2 Å². The van der Waals surface area contributed by atoms with Crippen molar-refractivity contribution in [3.8, 4) is 0 Å². The van der Waals surface area contributed by atoms with E-state index in [9.17, 15) is 4.79 Å². The molecule has 1 atom stereocenters. The molecular weight excluding hydrogens is 192 g/mol. The molecule has 0 aliphatic heterocycles. The van der Waals surface area contributed by atoms with Crippen LogP contribution < -0.4 is 0 Å². The molecule has 0 amide bonds. The highest BCUT2D eigenvalue weighted by atomic mass is 17.1. The minimum atomic E-state index is -0.649. The summed E-state index contributed by atoms with van der Waals surface area (Å²) in [5.74, 6) is -0.236. The van der Waals surface area contributed by atoms with Crippen molar-refractivity contribution in [2.24, 2.45) is 5.92 Å². The molecule has 15 heavy (non-hydrogen) atoms. The number of allylic oxidation sites excluding steroid dienone is 1. The number of hydrogen-bond acceptors (Lipinski definition) is 3. The molecule has 0 aromatic carbocycles. The second-order valence-corrected chi connectivity index (χ2v) is 3.89. The van der Waals surface area contributed by atoms with E-state index in [-0.39, 0.29) is 0 Å². The number of unbranched alkanes of at least 4 members (excludes halogenated alkanes) is 2. The Morgan fingerprint density at radius 1 is 1.40 bits per heavy atom. The average Bonchev–Trinajstić information content (AvgIpc) is 2.26. The lowest BCUT2D eigenvalue weighted by Gasteiger charge is -2.10. The molecule has 0 aromatic rings. The quantitative estimate of drug-likeness (QED) is 0.305. The van der Waals surface area contributed by atoms with Gasteiger partial charge >= 0.3 is 5.97 Å². The van der Waals surface area contributed by atoms with Gasteiger partial charge in [-0.3, -0.25) is 4.89 Å². The van der Waals surface area contributed by atoms with Crippen LogP contribution in [0.2, 0.25) is 0 Å². The fourth-order valence-corrected chi connectivity index (χ4v) is 1.56. The summed E-state index contributed by atoms with van der Waals surface area (Å²) in [6.45, 7) is 5.94. The van der Waals surface area contributed by atoms with E-state index in [1.807, 2.05) is 6.08 Å². The van der Waals surface area contributed by atoms with Crippen LogP contribution in [0.1, 0.15) is 52.9 Å². The van der Waals surface area contributed by atoms with Crippen molar-refractivity contribution < 1.29 is 14.9 Å². The van der Waals surface area contributed by atoms with Crippen molar-refractivity contribution in [3.05, 3.63) is 11.6 Å². The van der Waals surface area contributed by atoms with Crippen molar-refractivity contribution in [2.75, 3.05) is 0 Å². The zero-order chi connectivity index (χ0) is 11.7. The second kappa shape index (κ2) is 8.48. The van der Waals surface area contributed by atoms with Gasteiger partial charge < -0.3 is 0 Å². The fraction of sp³-hybridized carbons (Fsp3) is 0.750. The van der Waals surface area contributed by atoms with Crippen molar-refractivity contribution in [2.45, 2.75) is 52.9 Å². The van der Waals surface area contributed by atoms with Gasteiger partial charge in [-0.2, -0.15) is 5.26 Å². The topological polar surface area (TPSA) is 46.5 Å². The molecule has 0 saturated heterocycles. The average molecular weight is 214 g/mol. The summed E-state index contributed by atoms with van der Waals surface area (Å²) in [6, 6.07) is 0. The molecule has 0 aliphatic rings. The minimum Gasteiger partial charge on any atom is -0.296 e. The van der Waals surface area contributed by atoms with Gasteiger partial charge in [0.1, 0.15) is 0 Å². The zero-order valence-corrected chi connectivity index (χ0v) is 9.95. The van der Waals surface area contributed by atoms with Crippen molar-refractivity contribution in [1.82, 2.24) is 0 Å². The van der Waals surface area contributed by atoms with E-state index in [0.717, 1.165) is 12.8 Å². The van der Waals surface area contributed by atoms with E-state index < -0.39 is 5.97 Å². The van der Waals surface area contributed by atoms with Crippen molar-refractivity contribution >= 4 is 5.97 Å². The van der Waals surface area contributed by atoms with E-state index in [4.69, 9.17) is 5.26 Å². The normalized spacial score (nSPS) is 13.7. The summed E-state index contributed by atoms with van der Waals surface area (Å²) in [5, 5.41) is 8.21. The Balaban J connectivity index is 4.11. The molecule has 0 rings (SSSR count). The van der Waals surface area contributed by atoms with E-state index in [1.54, 1.807) is 6.92 Å². The van der Waals surface area contributed by atoms with Crippen LogP contribution >= 0.6 is 0 Å². The summed E-state index contributed by atoms with van der Waals surface area (Å²) in [4.78, 5) is 14.6. The van der Waals surface area contributed by atoms with E-state index in [1.165, 1.54) is 19.3 Å². The van der Waals surface area contributed by atoms with Crippen LogP contribution in [0.3, 0.4) is 0 Å². The van der Waals surface area contributed by atoms with Crippen molar-refractivity contribution in [1.29, 1.82) is 0 Å². The minimum absolute atomic E-state index is 0.413. The third kappa shape index (κ3) is 6.28. The summed E-state index contributed by atoms with van der Waals surface area (Å²) in [5.41, 5.74) is 0.487. The Bertz CT molecular complexity index is 209. The van der Waals surface area contributed by atoms with Crippen LogP contribution in [-0.2, 0) is 9.68 Å². The predicted octanol–water partition coefficient (Wildman–Crippen LogP) is 3.56. The molecule has 3 heteroatoms. The standard InChI is InChI=1S/C12H22O3/c1-4-6-7-8-11(5-2)9-10(3)12(13)15-14/h9,11,14H,4-8H2,1-3H3. The Labute approximate surface area is 92.1 Å². The molecular formula is C12H22O3. The van der Waals surface area contributed by atoms with Gasteiger partial charge in [0.05, 0.1) is 0 Å². The zero-order valence-electron chi connectivity index (χ0n) is 9.95. The molecule has 0 saturated carbocycles. The van der Waals surface area contributed by atoms with Crippen molar-refractivity contribution in [3.63, 3.8) is 0 Å². The lowest BCUT2D eigenvalue weighted by atomic mass is 9.96. The maximum absolute atomic E-state index is 11.0. The monoisotopic (exact) mass is 214 g/mol. The first kappa shape index (κ1) is 14.2. The first-order chi connectivity index (χ1) is 7.15. The Morgan fingerprint density at radius 2 is 2.07 bits per heavy atom. The van der Waals surface area contributed by atoms with Gasteiger partial charge in [-0.05, 0) is 25.7 Å². The molecule has 1 unspecified atom stereocenters. The smallest absolute Gasteiger partial charge is 0.296 e. The number of carbonyl (C=O) groups is 1. The fourth-order valence-electron chi connectivity index (χ4n) is 1.56. The highest BCUT2D eigenvalue weighted by Gasteiger charge is 2.09. The van der Waals surface area contributed by atoms with E-state index >= 15 is 0 Å². The maximum Gasteiger partial charge on any atom is 0.368 e. The lowest BCUT2D eigenvalue weighted by molar-refractivity contribution is -0.229. The van der Waals surface area contributed by atoms with Gasteiger partial charge in [0.25, 0.3) is 0 Å². The van der Waals surface area contributed by atoms with Crippen LogP contribution in [0.4, 0.5) is 0 Å². The predicted molar refractivity (Wildman–Crippen MR) is 60.4 cm³/mol. The molecule has 88 valence electrons. The Kier molecular flexibility index (Phi) is 8.01. The molecule has 0 fully saturated rings. The van der Waals surface area contributed by atoms with Gasteiger partial charge in [-0.15, -0.1) is 0 Å². The SMILES string of the molecule is CCCCCC(C=C(C)C(=O)OO)CC. The summed E-state index contributed by atoms with van der Waals surface area (Å²) in [7, 11) is 0. The van der Waals surface area contributed by atoms with Crippen LogP contribution in [0, 0.1) is 5.92 Å². The van der Waals surface area contributed by atoms with Gasteiger partial charge in [0, 0.05) is 5.57 Å². The molecule has 0 radical (unpaired) electrons. The molecule has 1 N–H and O–H groups in total. The van der Waals surface area contributed by atoms with Crippen LogP contribution in [0.25, 0.3) is 0 Å². The van der Waals surface area contributed by atoms with Gasteiger partial charge in [0.2, 0.25) is 0 Å². The first-order valence-electron chi connectivity index (χ1n) is 5.69. The van der Waals surface area contributed by atoms with Gasteiger partial charge in [0.15, 0.2) is 0 Å². The number of carbonyl (C=O) groups excluding carboxylic acids is 1. The molecule has 3 nitrogen and oxygen atoms in total. The number of rotatable bonds is 7. The molecule has 0 bridgehead atoms. The second-order valence-electron chi connectivity index (χ2n) is 3.89. The summed E-state index contributed by atoms with van der Waals surface area (Å²) in [6.07, 6.45) is 7.63. The van der Waals surface area contributed by atoms with Crippen LogP contribution in [0.15, 0.2) is 11.6 Å². The third-order valence-corrected chi connectivity index (χ3v) is 2.59. The lowest BCUT2D eigenvalue weighted by Crippen LogP contribution is -2.05. The molecule has 0 heterocycles. The number of hydrogen-bond donors (Lipinski definition) is 1. The van der Waals surface area contributed by atoms with E-state index in [2.05, 4.69) is 18.7 Å². The highest BCUT2D eigenvalue weighted by Crippen LogP contribution is 2.17. The highest BCUT2D eigenvalue weighted by molar-refractivity contribution is 5.87. The van der Waals surface area contributed by atoms with E-state index in [0.29, 0.717) is 11.5 Å². The summed E-state index contributed by atoms with van der Waals surface area (Å²) >= 11 is 0. The Hall–Kier alpha value is -0.830. The van der Waals surface area contributed by atoms with Gasteiger partial charge in [-0.25, -0.2) is 4.79 Å². The Morgan fingerprint density at radius 3 is 2.53 bits per heavy atom. The van der Waals surface area contributed by atoms with Gasteiger partial charge in [-0.1, -0.05) is 39.2 Å². The molecule has 0 spiro atoms. The third-order valence-electron chi connectivity index (χ3n) is 2.59. The largest absolute Gasteiger partial charge is 0.368 e. The van der Waals surface area contributed by atoms with Crippen LogP contribution in [0.5, 0.6) is 0 Å². The molecule has 0 aliphatic carbocycles. The first-order valence-corrected chi connectivity index (χ1v) is 5.69. The molecule has 0 aromatic heterocycles. The summed E-state index contributed by atoms with van der Waals surface area (Å²) < 4.78 is 0. The maximum atomic E-state index is 11.0.